The lowest BCUT2D eigenvalue weighted by molar-refractivity contribution is 0.187. The Balaban J connectivity index is 1.61. The van der Waals surface area contributed by atoms with Gasteiger partial charge in [-0.15, -0.1) is 0 Å². The van der Waals surface area contributed by atoms with Gasteiger partial charge in [-0.3, -0.25) is 4.99 Å². The number of aliphatic hydroxyl groups is 1. The number of benzene rings is 2. The van der Waals surface area contributed by atoms with E-state index in [2.05, 4.69) is 22.4 Å². The zero-order valence-electron chi connectivity index (χ0n) is 13.4. The van der Waals surface area contributed by atoms with Crippen LogP contribution >= 0.6 is 0 Å². The highest BCUT2D eigenvalue weighted by Gasteiger charge is 2.11. The van der Waals surface area contributed by atoms with Crippen molar-refractivity contribution in [1.29, 1.82) is 0 Å². The standard InChI is InChI=1S/C19H23N3O/c1-13-4-2-7-16(10-13)18(23)12-21-19(20)22-17-9-8-14-5-3-6-15(14)11-17/h2,4,7-11,18,23H,3,5-6,12H2,1H3,(H3,20,21,22). The highest BCUT2D eigenvalue weighted by atomic mass is 16.3. The molecule has 1 aliphatic rings. The minimum absolute atomic E-state index is 0.243. The molecule has 0 aliphatic heterocycles. The molecule has 3 rings (SSSR count). The second-order valence-electron chi connectivity index (χ2n) is 6.12. The van der Waals surface area contributed by atoms with Crippen LogP contribution in [0.1, 0.15) is 34.8 Å². The maximum absolute atomic E-state index is 10.2. The van der Waals surface area contributed by atoms with Crippen LogP contribution in [0.25, 0.3) is 0 Å². The third-order valence-electron chi connectivity index (χ3n) is 4.23. The number of rotatable bonds is 4. The van der Waals surface area contributed by atoms with Crippen molar-refractivity contribution in [1.82, 2.24) is 0 Å². The van der Waals surface area contributed by atoms with E-state index in [9.17, 15) is 5.11 Å². The fraction of sp³-hybridized carbons (Fsp3) is 0.316. The van der Waals surface area contributed by atoms with Gasteiger partial charge in [0.25, 0.3) is 0 Å². The van der Waals surface area contributed by atoms with Crippen molar-refractivity contribution in [3.8, 4) is 0 Å². The molecule has 2 aromatic rings. The van der Waals surface area contributed by atoms with E-state index in [1.54, 1.807) is 0 Å². The van der Waals surface area contributed by atoms with Crippen molar-refractivity contribution < 1.29 is 5.11 Å². The molecular formula is C19H23N3O. The second kappa shape index (κ2) is 6.84. The molecule has 23 heavy (non-hydrogen) atoms. The number of hydrogen-bond donors (Lipinski definition) is 3. The molecule has 4 N–H and O–H groups in total. The van der Waals surface area contributed by atoms with Gasteiger partial charge in [0, 0.05) is 5.69 Å². The zero-order chi connectivity index (χ0) is 16.2. The third kappa shape index (κ3) is 3.90. The average Bonchev–Trinajstić information content (AvgIpc) is 3.00. The van der Waals surface area contributed by atoms with E-state index in [1.807, 2.05) is 37.3 Å². The van der Waals surface area contributed by atoms with Gasteiger partial charge in [0.15, 0.2) is 5.96 Å². The Hall–Kier alpha value is -2.33. The smallest absolute Gasteiger partial charge is 0.193 e. The monoisotopic (exact) mass is 309 g/mol. The van der Waals surface area contributed by atoms with E-state index in [0.29, 0.717) is 5.96 Å². The van der Waals surface area contributed by atoms with Gasteiger partial charge in [-0.05, 0) is 55.0 Å². The number of hydrogen-bond acceptors (Lipinski definition) is 2. The molecular weight excluding hydrogens is 286 g/mol. The van der Waals surface area contributed by atoms with E-state index < -0.39 is 6.10 Å². The molecule has 0 bridgehead atoms. The first-order chi connectivity index (χ1) is 11.1. The lowest BCUT2D eigenvalue weighted by atomic mass is 10.1. The first-order valence-corrected chi connectivity index (χ1v) is 8.05. The Kier molecular flexibility index (Phi) is 4.63. The van der Waals surface area contributed by atoms with Gasteiger partial charge in [-0.1, -0.05) is 35.9 Å². The Morgan fingerprint density at radius 3 is 2.87 bits per heavy atom. The molecule has 0 amide bonds. The quantitative estimate of drug-likeness (QED) is 0.601. The Morgan fingerprint density at radius 2 is 2.04 bits per heavy atom. The molecule has 0 aromatic heterocycles. The number of nitrogens with one attached hydrogen (secondary N) is 1. The molecule has 0 radical (unpaired) electrons. The van der Waals surface area contributed by atoms with Crippen LogP contribution in [-0.4, -0.2) is 17.6 Å². The van der Waals surface area contributed by atoms with E-state index >= 15 is 0 Å². The van der Waals surface area contributed by atoms with Crippen molar-refractivity contribution in [3.05, 3.63) is 64.7 Å². The van der Waals surface area contributed by atoms with Gasteiger partial charge >= 0.3 is 0 Å². The van der Waals surface area contributed by atoms with Crippen molar-refractivity contribution in [3.63, 3.8) is 0 Å². The summed E-state index contributed by atoms with van der Waals surface area (Å²) in [5.41, 5.74) is 11.7. The third-order valence-corrected chi connectivity index (χ3v) is 4.23. The SMILES string of the molecule is Cc1cccc(C(O)CN=C(N)Nc2ccc3c(c2)CCC3)c1. The van der Waals surface area contributed by atoms with Gasteiger partial charge in [-0.2, -0.15) is 0 Å². The molecule has 1 atom stereocenters. The molecule has 0 saturated carbocycles. The number of guanidine groups is 1. The van der Waals surface area contributed by atoms with Gasteiger partial charge in [0.05, 0.1) is 12.6 Å². The first-order valence-electron chi connectivity index (χ1n) is 8.05. The lowest BCUT2D eigenvalue weighted by Gasteiger charge is -2.11. The van der Waals surface area contributed by atoms with E-state index in [0.717, 1.165) is 23.2 Å². The predicted octanol–water partition coefficient (Wildman–Crippen LogP) is 2.94. The summed E-state index contributed by atoms with van der Waals surface area (Å²) >= 11 is 0. The molecule has 1 aliphatic carbocycles. The summed E-state index contributed by atoms with van der Waals surface area (Å²) in [4.78, 5) is 4.25. The second-order valence-corrected chi connectivity index (χ2v) is 6.12. The van der Waals surface area contributed by atoms with Crippen LogP contribution in [0.2, 0.25) is 0 Å². The number of nitrogens with two attached hydrogens (primary N) is 1. The summed E-state index contributed by atoms with van der Waals surface area (Å²) in [6.45, 7) is 2.25. The maximum atomic E-state index is 10.2. The molecule has 0 saturated heterocycles. The number of aliphatic imine (C=N–C) groups is 1. The van der Waals surface area contributed by atoms with Gasteiger partial charge in [0.1, 0.15) is 0 Å². The summed E-state index contributed by atoms with van der Waals surface area (Å²) < 4.78 is 0. The van der Waals surface area contributed by atoms with Crippen LogP contribution < -0.4 is 11.1 Å². The number of nitrogens with zero attached hydrogens (tertiary/aromatic N) is 1. The molecule has 1 unspecified atom stereocenters. The molecule has 0 heterocycles. The van der Waals surface area contributed by atoms with E-state index in [1.165, 1.54) is 24.0 Å². The summed E-state index contributed by atoms with van der Waals surface area (Å²) in [6.07, 6.45) is 2.89. The summed E-state index contributed by atoms with van der Waals surface area (Å²) in [6, 6.07) is 14.1. The van der Waals surface area contributed by atoms with Crippen LogP contribution in [0.4, 0.5) is 5.69 Å². The van der Waals surface area contributed by atoms with E-state index in [-0.39, 0.29) is 6.54 Å². The summed E-state index contributed by atoms with van der Waals surface area (Å²) in [5, 5.41) is 13.3. The van der Waals surface area contributed by atoms with Crippen molar-refractivity contribution in [2.45, 2.75) is 32.3 Å². The van der Waals surface area contributed by atoms with Gasteiger partial charge in [-0.25, -0.2) is 0 Å². The Labute approximate surface area is 137 Å². The normalized spacial score (nSPS) is 15.3. The highest BCUT2D eigenvalue weighted by molar-refractivity contribution is 5.92. The molecule has 0 fully saturated rings. The van der Waals surface area contributed by atoms with Gasteiger partial charge in [0.2, 0.25) is 0 Å². The zero-order valence-corrected chi connectivity index (χ0v) is 13.4. The van der Waals surface area contributed by atoms with Crippen molar-refractivity contribution in [2.24, 2.45) is 10.7 Å². The Bertz CT molecular complexity index is 724. The summed E-state index contributed by atoms with van der Waals surface area (Å²) in [5.74, 6) is 0.328. The minimum Gasteiger partial charge on any atom is -0.386 e. The lowest BCUT2D eigenvalue weighted by Crippen LogP contribution is -2.23. The topological polar surface area (TPSA) is 70.6 Å². The maximum Gasteiger partial charge on any atom is 0.193 e. The highest BCUT2D eigenvalue weighted by Crippen LogP contribution is 2.24. The largest absolute Gasteiger partial charge is 0.386 e. The first kappa shape index (κ1) is 15.6. The number of aliphatic hydroxyl groups excluding tert-OH is 1. The summed E-state index contributed by atoms with van der Waals surface area (Å²) in [7, 11) is 0. The van der Waals surface area contributed by atoms with Crippen molar-refractivity contribution >= 4 is 11.6 Å². The van der Waals surface area contributed by atoms with Crippen molar-refractivity contribution in [2.75, 3.05) is 11.9 Å². The molecule has 120 valence electrons. The fourth-order valence-corrected chi connectivity index (χ4v) is 3.00. The number of fused-ring (bicyclic) bond motifs is 1. The fourth-order valence-electron chi connectivity index (χ4n) is 3.00. The van der Waals surface area contributed by atoms with Crippen LogP contribution in [0, 0.1) is 6.92 Å². The predicted molar refractivity (Wildman–Crippen MR) is 94.7 cm³/mol. The van der Waals surface area contributed by atoms with Crippen LogP contribution in [0.5, 0.6) is 0 Å². The van der Waals surface area contributed by atoms with Crippen LogP contribution in [0.3, 0.4) is 0 Å². The van der Waals surface area contributed by atoms with Crippen LogP contribution in [0.15, 0.2) is 47.5 Å². The molecule has 4 nitrogen and oxygen atoms in total. The van der Waals surface area contributed by atoms with Crippen LogP contribution in [-0.2, 0) is 12.8 Å². The number of anilines is 1. The molecule has 0 spiro atoms. The van der Waals surface area contributed by atoms with E-state index in [4.69, 9.17) is 5.73 Å². The van der Waals surface area contributed by atoms with Gasteiger partial charge < -0.3 is 16.2 Å². The number of aryl methyl sites for hydroxylation is 3. The minimum atomic E-state index is -0.643. The molecule has 4 heteroatoms. The molecule has 2 aromatic carbocycles. The Morgan fingerprint density at radius 1 is 1.22 bits per heavy atom. The average molecular weight is 309 g/mol.